The van der Waals surface area contributed by atoms with Gasteiger partial charge in [0.15, 0.2) is 5.13 Å². The minimum atomic E-state index is 0.277. The summed E-state index contributed by atoms with van der Waals surface area (Å²) in [6.45, 7) is 4.28. The lowest BCUT2D eigenvalue weighted by Crippen LogP contribution is -2.07. The predicted molar refractivity (Wildman–Crippen MR) is 73.0 cm³/mol. The number of aryl methyl sites for hydroxylation is 1. The van der Waals surface area contributed by atoms with Crippen molar-refractivity contribution in [2.45, 2.75) is 19.9 Å². The molecule has 2 rings (SSSR count). The topological polar surface area (TPSA) is 24.9 Å². The number of nitrogens with zero attached hydrogens (tertiary/aromatic N) is 1. The van der Waals surface area contributed by atoms with Crippen molar-refractivity contribution in [3.8, 4) is 0 Å². The first-order valence-corrected chi connectivity index (χ1v) is 6.77. The Morgan fingerprint density at radius 3 is 2.75 bits per heavy atom. The molecule has 84 valence electrons. The van der Waals surface area contributed by atoms with Crippen molar-refractivity contribution >= 4 is 32.4 Å². The van der Waals surface area contributed by atoms with Crippen LogP contribution >= 0.6 is 27.3 Å². The second kappa shape index (κ2) is 4.97. The van der Waals surface area contributed by atoms with Crippen LogP contribution in [0.4, 0.5) is 5.13 Å². The van der Waals surface area contributed by atoms with Crippen LogP contribution in [0, 0.1) is 6.92 Å². The fourth-order valence-electron chi connectivity index (χ4n) is 1.66. The van der Waals surface area contributed by atoms with Crippen LogP contribution in [0.3, 0.4) is 0 Å². The van der Waals surface area contributed by atoms with Gasteiger partial charge in [-0.2, -0.15) is 0 Å². The molecular weight excluding hydrogens is 284 g/mol. The van der Waals surface area contributed by atoms with Gasteiger partial charge >= 0.3 is 0 Å². The molecule has 1 atom stereocenters. The zero-order valence-corrected chi connectivity index (χ0v) is 11.6. The summed E-state index contributed by atoms with van der Waals surface area (Å²) in [4.78, 5) is 4.33. The highest BCUT2D eigenvalue weighted by atomic mass is 79.9. The molecule has 0 saturated carbocycles. The van der Waals surface area contributed by atoms with Crippen molar-refractivity contribution < 1.29 is 0 Å². The molecule has 1 N–H and O–H groups in total. The van der Waals surface area contributed by atoms with E-state index in [1.807, 2.05) is 5.38 Å². The molecular formula is C12H13BrN2S. The van der Waals surface area contributed by atoms with E-state index in [-0.39, 0.29) is 6.04 Å². The standard InChI is InChI=1S/C12H13BrN2S/c1-8-5-3-4-6-10(8)9(2)14-12-15-11(13)7-16-12/h3-7,9H,1-2H3,(H,14,15). The Morgan fingerprint density at radius 1 is 1.38 bits per heavy atom. The van der Waals surface area contributed by atoms with Gasteiger partial charge in [-0.25, -0.2) is 4.98 Å². The van der Waals surface area contributed by atoms with E-state index in [2.05, 4.69) is 64.3 Å². The molecule has 0 radical (unpaired) electrons. The van der Waals surface area contributed by atoms with Gasteiger partial charge in [0.1, 0.15) is 4.60 Å². The molecule has 0 aliphatic rings. The summed E-state index contributed by atoms with van der Waals surface area (Å²) in [6, 6.07) is 8.68. The third kappa shape index (κ3) is 2.62. The number of halogens is 1. The highest BCUT2D eigenvalue weighted by molar-refractivity contribution is 9.10. The first-order valence-electron chi connectivity index (χ1n) is 5.10. The number of benzene rings is 1. The minimum Gasteiger partial charge on any atom is -0.355 e. The van der Waals surface area contributed by atoms with Crippen molar-refractivity contribution in [3.63, 3.8) is 0 Å². The molecule has 2 aromatic rings. The van der Waals surface area contributed by atoms with Crippen LogP contribution < -0.4 is 5.32 Å². The molecule has 0 spiro atoms. The molecule has 0 bridgehead atoms. The Labute approximate surface area is 108 Å². The molecule has 0 aliphatic carbocycles. The Morgan fingerprint density at radius 2 is 2.12 bits per heavy atom. The third-order valence-corrected chi connectivity index (χ3v) is 3.95. The van der Waals surface area contributed by atoms with E-state index in [4.69, 9.17) is 0 Å². The van der Waals surface area contributed by atoms with Crippen molar-refractivity contribution in [2.75, 3.05) is 5.32 Å². The first kappa shape index (κ1) is 11.6. The molecule has 1 unspecified atom stereocenters. The zero-order valence-electron chi connectivity index (χ0n) is 9.20. The van der Waals surface area contributed by atoms with E-state index in [0.29, 0.717) is 0 Å². The smallest absolute Gasteiger partial charge is 0.184 e. The van der Waals surface area contributed by atoms with Gasteiger partial charge in [0.2, 0.25) is 0 Å². The summed E-state index contributed by atoms with van der Waals surface area (Å²) in [5.41, 5.74) is 2.62. The number of hydrogen-bond donors (Lipinski definition) is 1. The van der Waals surface area contributed by atoms with Crippen LogP contribution in [-0.4, -0.2) is 4.98 Å². The number of anilines is 1. The molecule has 1 aromatic carbocycles. The van der Waals surface area contributed by atoms with Gasteiger partial charge in [0.25, 0.3) is 0 Å². The highest BCUT2D eigenvalue weighted by Crippen LogP contribution is 2.25. The Balaban J connectivity index is 2.14. The molecule has 0 fully saturated rings. The summed E-state index contributed by atoms with van der Waals surface area (Å²) in [6.07, 6.45) is 0. The highest BCUT2D eigenvalue weighted by Gasteiger charge is 2.09. The molecule has 1 heterocycles. The largest absolute Gasteiger partial charge is 0.355 e. The fraction of sp³-hybridized carbons (Fsp3) is 0.250. The normalized spacial score (nSPS) is 12.4. The zero-order chi connectivity index (χ0) is 11.5. The predicted octanol–water partition coefficient (Wildman–Crippen LogP) is 4.39. The summed E-state index contributed by atoms with van der Waals surface area (Å²) in [5.74, 6) is 0. The van der Waals surface area contributed by atoms with Gasteiger partial charge in [0, 0.05) is 5.38 Å². The van der Waals surface area contributed by atoms with E-state index in [9.17, 15) is 0 Å². The van der Waals surface area contributed by atoms with E-state index in [1.165, 1.54) is 11.1 Å². The lowest BCUT2D eigenvalue weighted by atomic mass is 10.0. The van der Waals surface area contributed by atoms with Gasteiger partial charge in [-0.05, 0) is 40.9 Å². The lowest BCUT2D eigenvalue weighted by molar-refractivity contribution is 0.871. The SMILES string of the molecule is Cc1ccccc1C(C)Nc1nc(Br)cs1. The monoisotopic (exact) mass is 296 g/mol. The molecule has 0 aliphatic heterocycles. The van der Waals surface area contributed by atoms with Gasteiger partial charge in [-0.15, -0.1) is 11.3 Å². The number of hydrogen-bond acceptors (Lipinski definition) is 3. The van der Waals surface area contributed by atoms with Crippen LogP contribution in [0.2, 0.25) is 0 Å². The minimum absolute atomic E-state index is 0.277. The molecule has 4 heteroatoms. The first-order chi connectivity index (χ1) is 7.66. The van der Waals surface area contributed by atoms with Crippen molar-refractivity contribution in [1.82, 2.24) is 4.98 Å². The summed E-state index contributed by atoms with van der Waals surface area (Å²) in [7, 11) is 0. The molecule has 1 aromatic heterocycles. The van der Waals surface area contributed by atoms with E-state index in [0.717, 1.165) is 9.73 Å². The Bertz CT molecular complexity index is 481. The van der Waals surface area contributed by atoms with Crippen LogP contribution in [0.1, 0.15) is 24.1 Å². The van der Waals surface area contributed by atoms with Crippen molar-refractivity contribution in [3.05, 3.63) is 45.4 Å². The van der Waals surface area contributed by atoms with Crippen LogP contribution in [-0.2, 0) is 0 Å². The van der Waals surface area contributed by atoms with Crippen LogP contribution in [0.5, 0.6) is 0 Å². The van der Waals surface area contributed by atoms with Gasteiger partial charge in [-0.3, -0.25) is 0 Å². The van der Waals surface area contributed by atoms with Gasteiger partial charge in [-0.1, -0.05) is 24.3 Å². The number of aromatic nitrogens is 1. The fourth-order valence-corrected chi connectivity index (χ4v) is 2.89. The van der Waals surface area contributed by atoms with Crippen molar-refractivity contribution in [2.24, 2.45) is 0 Å². The second-order valence-electron chi connectivity index (χ2n) is 3.70. The van der Waals surface area contributed by atoms with Crippen LogP contribution in [0.15, 0.2) is 34.2 Å². The number of thiazole rings is 1. The quantitative estimate of drug-likeness (QED) is 0.909. The Hall–Kier alpha value is -0.870. The van der Waals surface area contributed by atoms with Crippen molar-refractivity contribution in [1.29, 1.82) is 0 Å². The summed E-state index contributed by atoms with van der Waals surface area (Å²) >= 11 is 4.96. The van der Waals surface area contributed by atoms with Gasteiger partial charge in [0.05, 0.1) is 6.04 Å². The maximum absolute atomic E-state index is 4.33. The third-order valence-electron chi connectivity index (χ3n) is 2.47. The number of rotatable bonds is 3. The van der Waals surface area contributed by atoms with E-state index in [1.54, 1.807) is 11.3 Å². The molecule has 2 nitrogen and oxygen atoms in total. The van der Waals surface area contributed by atoms with Crippen LogP contribution in [0.25, 0.3) is 0 Å². The summed E-state index contributed by atoms with van der Waals surface area (Å²) in [5, 5.41) is 6.32. The van der Waals surface area contributed by atoms with E-state index >= 15 is 0 Å². The average Bonchev–Trinajstić information content (AvgIpc) is 2.64. The Kier molecular flexibility index (Phi) is 3.61. The molecule has 0 amide bonds. The molecule has 0 saturated heterocycles. The lowest BCUT2D eigenvalue weighted by Gasteiger charge is -2.15. The number of nitrogens with one attached hydrogen (secondary N) is 1. The molecule has 16 heavy (non-hydrogen) atoms. The summed E-state index contributed by atoms with van der Waals surface area (Å²) < 4.78 is 0.886. The van der Waals surface area contributed by atoms with Gasteiger partial charge < -0.3 is 5.32 Å². The average molecular weight is 297 g/mol. The van der Waals surface area contributed by atoms with E-state index < -0.39 is 0 Å². The maximum atomic E-state index is 4.33. The maximum Gasteiger partial charge on any atom is 0.184 e. The second-order valence-corrected chi connectivity index (χ2v) is 5.37.